The fourth-order valence-electron chi connectivity index (χ4n) is 3.13. The Bertz CT molecular complexity index is 1150. The highest BCUT2D eigenvalue weighted by Gasteiger charge is 2.09. The summed E-state index contributed by atoms with van der Waals surface area (Å²) in [4.78, 5) is 12.5. The molecule has 4 nitrogen and oxygen atoms in total. The first-order valence-corrected chi connectivity index (χ1v) is 10.3. The van der Waals surface area contributed by atoms with E-state index in [0.29, 0.717) is 22.9 Å². The molecular formula is C26H23ClN2O2. The Hall–Kier alpha value is -3.55. The maximum absolute atomic E-state index is 12.5. The molecular weight excluding hydrogens is 408 g/mol. The van der Waals surface area contributed by atoms with Crippen LogP contribution in [0.2, 0.25) is 5.02 Å². The molecule has 0 spiro atoms. The Kier molecular flexibility index (Phi) is 7.48. The lowest BCUT2D eigenvalue weighted by molar-refractivity contribution is -0.115. The molecule has 3 aromatic rings. The van der Waals surface area contributed by atoms with Crippen LogP contribution in [0.1, 0.15) is 34.7 Å². The molecule has 0 atom stereocenters. The average Bonchev–Trinajstić information content (AvgIpc) is 2.76. The van der Waals surface area contributed by atoms with Crippen molar-refractivity contribution in [2.75, 3.05) is 5.32 Å². The van der Waals surface area contributed by atoms with Gasteiger partial charge in [0.15, 0.2) is 0 Å². The van der Waals surface area contributed by atoms with Gasteiger partial charge in [-0.3, -0.25) is 4.79 Å². The Morgan fingerprint density at radius 2 is 1.87 bits per heavy atom. The van der Waals surface area contributed by atoms with Crippen molar-refractivity contribution < 1.29 is 9.53 Å². The molecule has 0 aliphatic heterocycles. The number of benzene rings is 3. The molecule has 156 valence electrons. The van der Waals surface area contributed by atoms with E-state index in [4.69, 9.17) is 21.6 Å². The van der Waals surface area contributed by atoms with Crippen molar-refractivity contribution in [3.05, 3.63) is 99.6 Å². The van der Waals surface area contributed by atoms with Crippen LogP contribution in [-0.4, -0.2) is 5.91 Å². The van der Waals surface area contributed by atoms with E-state index < -0.39 is 0 Å². The molecule has 0 saturated carbocycles. The number of nitriles is 1. The zero-order valence-corrected chi connectivity index (χ0v) is 18.2. The summed E-state index contributed by atoms with van der Waals surface area (Å²) < 4.78 is 5.80. The van der Waals surface area contributed by atoms with E-state index in [1.165, 1.54) is 0 Å². The summed E-state index contributed by atoms with van der Waals surface area (Å²) in [5, 5.41) is 12.4. The van der Waals surface area contributed by atoms with Gasteiger partial charge in [0.1, 0.15) is 12.4 Å². The molecule has 0 bridgehead atoms. The van der Waals surface area contributed by atoms with Gasteiger partial charge in [0, 0.05) is 10.7 Å². The Morgan fingerprint density at radius 1 is 1.10 bits per heavy atom. The van der Waals surface area contributed by atoms with Gasteiger partial charge in [0.2, 0.25) is 5.91 Å². The van der Waals surface area contributed by atoms with Crippen LogP contribution in [0.3, 0.4) is 0 Å². The summed E-state index contributed by atoms with van der Waals surface area (Å²) >= 11 is 6.26. The summed E-state index contributed by atoms with van der Waals surface area (Å²) in [5.74, 6) is 0.577. The third-order valence-corrected chi connectivity index (χ3v) is 5.15. The number of anilines is 1. The Labute approximate surface area is 187 Å². The van der Waals surface area contributed by atoms with Crippen molar-refractivity contribution in [2.45, 2.75) is 26.9 Å². The molecule has 0 unspecified atom stereocenters. The standard InChI is InChI=1S/C26H23ClN2O2/c1-3-4-19-7-12-25(27)22(14-19)15-26(30)29-23-9-8-21(18(2)13-23)17-31-24-10-5-20(16-28)6-11-24/h3-14H,15,17H2,1-2H3,(H,29,30)/b4-3+. The lowest BCUT2D eigenvalue weighted by Gasteiger charge is -2.12. The van der Waals surface area contributed by atoms with Crippen LogP contribution in [0, 0.1) is 18.3 Å². The second-order valence-electron chi connectivity index (χ2n) is 7.14. The quantitative estimate of drug-likeness (QED) is 0.477. The lowest BCUT2D eigenvalue weighted by atomic mass is 10.1. The fourth-order valence-corrected chi connectivity index (χ4v) is 3.31. The molecule has 1 amide bonds. The summed E-state index contributed by atoms with van der Waals surface area (Å²) in [5.41, 5.74) is 5.16. The van der Waals surface area contributed by atoms with Crippen molar-refractivity contribution in [1.82, 2.24) is 0 Å². The summed E-state index contributed by atoms with van der Waals surface area (Å²) in [7, 11) is 0. The van der Waals surface area contributed by atoms with Gasteiger partial charge in [-0.15, -0.1) is 0 Å². The number of rotatable bonds is 7. The number of halogens is 1. The number of carbonyl (C=O) groups excluding carboxylic acids is 1. The summed E-state index contributed by atoms with van der Waals surface area (Å²) in [6, 6.07) is 20.5. The van der Waals surface area contributed by atoms with Gasteiger partial charge in [-0.1, -0.05) is 35.9 Å². The minimum Gasteiger partial charge on any atom is -0.489 e. The van der Waals surface area contributed by atoms with Gasteiger partial charge in [0.05, 0.1) is 18.1 Å². The van der Waals surface area contributed by atoms with E-state index in [1.807, 2.05) is 62.4 Å². The van der Waals surface area contributed by atoms with Crippen molar-refractivity contribution in [1.29, 1.82) is 5.26 Å². The molecule has 0 aliphatic carbocycles. The number of aryl methyl sites for hydroxylation is 1. The van der Waals surface area contributed by atoms with Gasteiger partial charge >= 0.3 is 0 Å². The van der Waals surface area contributed by atoms with E-state index in [1.54, 1.807) is 24.3 Å². The van der Waals surface area contributed by atoms with E-state index >= 15 is 0 Å². The van der Waals surface area contributed by atoms with Gasteiger partial charge in [-0.2, -0.15) is 5.26 Å². The maximum atomic E-state index is 12.5. The number of amides is 1. The molecule has 0 aromatic heterocycles. The van der Waals surface area contributed by atoms with Crippen molar-refractivity contribution in [3.8, 4) is 11.8 Å². The molecule has 5 heteroatoms. The Balaban J connectivity index is 1.61. The summed E-state index contributed by atoms with van der Waals surface area (Å²) in [6.07, 6.45) is 4.12. The summed E-state index contributed by atoms with van der Waals surface area (Å²) in [6.45, 7) is 4.33. The predicted molar refractivity (Wildman–Crippen MR) is 125 cm³/mol. The number of nitrogens with one attached hydrogen (secondary N) is 1. The number of ether oxygens (including phenoxy) is 1. The molecule has 0 aliphatic rings. The highest BCUT2D eigenvalue weighted by molar-refractivity contribution is 6.31. The number of hydrogen-bond acceptors (Lipinski definition) is 3. The predicted octanol–water partition coefficient (Wildman–Crippen LogP) is 6.31. The second-order valence-corrected chi connectivity index (χ2v) is 7.55. The third-order valence-electron chi connectivity index (χ3n) is 4.78. The van der Waals surface area contributed by atoms with Gasteiger partial charge < -0.3 is 10.1 Å². The average molecular weight is 431 g/mol. The van der Waals surface area contributed by atoms with E-state index in [2.05, 4.69) is 11.4 Å². The first-order valence-electron chi connectivity index (χ1n) is 9.92. The van der Waals surface area contributed by atoms with Crippen LogP contribution in [0.15, 0.2) is 66.7 Å². The third kappa shape index (κ3) is 6.21. The zero-order chi connectivity index (χ0) is 22.2. The second kappa shape index (κ2) is 10.5. The van der Waals surface area contributed by atoms with Crippen LogP contribution in [0.25, 0.3) is 6.08 Å². The van der Waals surface area contributed by atoms with Crippen molar-refractivity contribution >= 4 is 29.3 Å². The van der Waals surface area contributed by atoms with Crippen LogP contribution in [0.4, 0.5) is 5.69 Å². The van der Waals surface area contributed by atoms with Gasteiger partial charge in [0.25, 0.3) is 0 Å². The number of carbonyl (C=O) groups is 1. The van der Waals surface area contributed by atoms with Crippen LogP contribution >= 0.6 is 11.6 Å². The molecule has 0 heterocycles. The first kappa shape index (κ1) is 22.1. The molecule has 0 fully saturated rings. The zero-order valence-electron chi connectivity index (χ0n) is 17.5. The van der Waals surface area contributed by atoms with E-state index in [9.17, 15) is 4.79 Å². The number of hydrogen-bond donors (Lipinski definition) is 1. The highest BCUT2D eigenvalue weighted by Crippen LogP contribution is 2.21. The largest absolute Gasteiger partial charge is 0.489 e. The van der Waals surface area contributed by atoms with Crippen LogP contribution in [0.5, 0.6) is 5.75 Å². The highest BCUT2D eigenvalue weighted by atomic mass is 35.5. The van der Waals surface area contributed by atoms with Crippen molar-refractivity contribution in [3.63, 3.8) is 0 Å². The number of nitrogens with zero attached hydrogens (tertiary/aromatic N) is 1. The molecule has 1 N–H and O–H groups in total. The smallest absolute Gasteiger partial charge is 0.228 e. The topological polar surface area (TPSA) is 62.1 Å². The van der Waals surface area contributed by atoms with Crippen LogP contribution in [-0.2, 0) is 17.8 Å². The number of allylic oxidation sites excluding steroid dienone is 1. The molecule has 31 heavy (non-hydrogen) atoms. The Morgan fingerprint density at radius 3 is 2.55 bits per heavy atom. The van der Waals surface area contributed by atoms with Crippen LogP contribution < -0.4 is 10.1 Å². The maximum Gasteiger partial charge on any atom is 0.228 e. The van der Waals surface area contributed by atoms with Gasteiger partial charge in [-0.25, -0.2) is 0 Å². The van der Waals surface area contributed by atoms with E-state index in [0.717, 1.165) is 27.9 Å². The lowest BCUT2D eigenvalue weighted by Crippen LogP contribution is -2.15. The van der Waals surface area contributed by atoms with Gasteiger partial charge in [-0.05, 0) is 84.6 Å². The normalized spacial score (nSPS) is 10.6. The monoisotopic (exact) mass is 430 g/mol. The SMILES string of the molecule is C/C=C/c1ccc(Cl)c(CC(=O)Nc2ccc(COc3ccc(C#N)cc3)c(C)c2)c1. The van der Waals surface area contributed by atoms with Crippen molar-refractivity contribution in [2.24, 2.45) is 0 Å². The van der Waals surface area contributed by atoms with E-state index in [-0.39, 0.29) is 12.3 Å². The minimum absolute atomic E-state index is 0.125. The fraction of sp³-hybridized carbons (Fsp3) is 0.154. The molecule has 0 radical (unpaired) electrons. The minimum atomic E-state index is -0.125. The molecule has 3 aromatic carbocycles. The molecule has 0 saturated heterocycles. The molecule has 3 rings (SSSR count). The first-order chi connectivity index (χ1) is 15.0.